The molecule has 0 spiro atoms. The number of hydrogen-bond acceptors (Lipinski definition) is 9. The van der Waals surface area contributed by atoms with Crippen molar-refractivity contribution >= 4 is 28.6 Å². The molecule has 4 aromatic rings. The van der Waals surface area contributed by atoms with Gasteiger partial charge in [0.1, 0.15) is 12.4 Å². The van der Waals surface area contributed by atoms with Gasteiger partial charge in [0.15, 0.2) is 6.61 Å². The molecule has 0 aliphatic rings. The number of rotatable bonds is 7. The topological polar surface area (TPSA) is 87.3 Å². The molecule has 0 aliphatic carbocycles. The van der Waals surface area contributed by atoms with Crippen molar-refractivity contribution < 1.29 is 18.8 Å². The fourth-order valence-corrected chi connectivity index (χ4v) is 3.60. The molecule has 0 saturated carbocycles. The van der Waals surface area contributed by atoms with Crippen LogP contribution in [0.15, 0.2) is 51.0 Å². The summed E-state index contributed by atoms with van der Waals surface area (Å²) in [5, 5.41) is 10.6. The molecule has 0 radical (unpaired) electrons. The van der Waals surface area contributed by atoms with Crippen molar-refractivity contribution in [2.75, 3.05) is 0 Å². The van der Waals surface area contributed by atoms with Gasteiger partial charge in [-0.15, -0.1) is 11.3 Å². The Morgan fingerprint density at radius 2 is 2.11 bits per heavy atom. The molecule has 9 heteroatoms. The zero-order valence-electron chi connectivity index (χ0n) is 14.8. The van der Waals surface area contributed by atoms with E-state index in [9.17, 15) is 4.79 Å². The van der Waals surface area contributed by atoms with Crippen molar-refractivity contribution in [2.45, 2.75) is 20.1 Å². The predicted molar refractivity (Wildman–Crippen MR) is 104 cm³/mol. The van der Waals surface area contributed by atoms with Crippen LogP contribution in [-0.4, -0.2) is 21.1 Å². The molecule has 7 nitrogen and oxygen atoms in total. The minimum atomic E-state index is -0.489. The van der Waals surface area contributed by atoms with Gasteiger partial charge in [0.2, 0.25) is 5.82 Å². The van der Waals surface area contributed by atoms with Crippen molar-refractivity contribution in [2.24, 2.45) is 0 Å². The molecule has 0 amide bonds. The Balaban J connectivity index is 1.34. The number of carbonyl (C=O) groups is 1. The first-order valence-electron chi connectivity index (χ1n) is 8.33. The molecule has 0 N–H and O–H groups in total. The van der Waals surface area contributed by atoms with E-state index in [4.69, 9.17) is 14.0 Å². The molecule has 0 saturated heterocycles. The van der Waals surface area contributed by atoms with Gasteiger partial charge in [-0.1, -0.05) is 11.2 Å². The summed E-state index contributed by atoms with van der Waals surface area (Å²) >= 11 is 3.10. The van der Waals surface area contributed by atoms with Crippen molar-refractivity contribution in [3.8, 4) is 17.2 Å². The van der Waals surface area contributed by atoms with E-state index in [1.165, 1.54) is 11.3 Å². The highest BCUT2D eigenvalue weighted by Crippen LogP contribution is 2.20. The third kappa shape index (κ3) is 4.44. The first kappa shape index (κ1) is 18.3. The third-order valence-corrected chi connectivity index (χ3v) is 5.20. The molecule has 0 bridgehead atoms. The first-order valence-corrected chi connectivity index (χ1v) is 10.2. The highest BCUT2D eigenvalue weighted by molar-refractivity contribution is 7.09. The zero-order valence-corrected chi connectivity index (χ0v) is 16.5. The van der Waals surface area contributed by atoms with Crippen LogP contribution >= 0.6 is 22.7 Å². The van der Waals surface area contributed by atoms with E-state index in [1.54, 1.807) is 35.6 Å². The minimum absolute atomic E-state index is 0.0738. The Labute approximate surface area is 168 Å². The second-order valence-corrected chi connectivity index (χ2v) is 7.62. The summed E-state index contributed by atoms with van der Waals surface area (Å²) < 4.78 is 16.2. The quantitative estimate of drug-likeness (QED) is 0.412. The fourth-order valence-electron chi connectivity index (χ4n) is 2.37. The van der Waals surface area contributed by atoms with E-state index in [2.05, 4.69) is 15.1 Å². The number of hydrogen-bond donors (Lipinski definition) is 0. The molecule has 3 heterocycles. The van der Waals surface area contributed by atoms with Gasteiger partial charge in [-0.05, 0) is 36.6 Å². The third-order valence-electron chi connectivity index (χ3n) is 3.69. The molecular weight excluding hydrogens is 398 g/mol. The highest BCUT2D eigenvalue weighted by atomic mass is 32.1. The largest absolute Gasteiger partial charge is 0.487 e. The number of esters is 1. The van der Waals surface area contributed by atoms with Crippen molar-refractivity contribution in [3.05, 3.63) is 68.6 Å². The molecule has 0 aliphatic heterocycles. The summed E-state index contributed by atoms with van der Waals surface area (Å²) in [5.74, 6) is 0.789. The molecular formula is C19H15N3O4S2. The zero-order chi connectivity index (χ0) is 19.3. The summed E-state index contributed by atoms with van der Waals surface area (Å²) in [6, 6.07) is 8.69. The van der Waals surface area contributed by atoms with Gasteiger partial charge in [-0.25, -0.2) is 9.78 Å². The average molecular weight is 413 g/mol. The normalized spacial score (nSPS) is 10.8. The van der Waals surface area contributed by atoms with Gasteiger partial charge < -0.3 is 14.0 Å². The van der Waals surface area contributed by atoms with E-state index in [0.29, 0.717) is 29.6 Å². The monoisotopic (exact) mass is 413 g/mol. The summed E-state index contributed by atoms with van der Waals surface area (Å²) in [4.78, 5) is 20.9. The van der Waals surface area contributed by atoms with Crippen molar-refractivity contribution in [1.82, 2.24) is 15.1 Å². The molecule has 0 fully saturated rings. The summed E-state index contributed by atoms with van der Waals surface area (Å²) in [6.07, 6.45) is 0. The molecule has 0 atom stereocenters. The number of thiophene rings is 1. The van der Waals surface area contributed by atoms with Gasteiger partial charge >= 0.3 is 5.97 Å². The number of benzene rings is 1. The summed E-state index contributed by atoms with van der Waals surface area (Å²) in [7, 11) is 0. The maximum absolute atomic E-state index is 12.3. The summed E-state index contributed by atoms with van der Waals surface area (Å²) in [6.45, 7) is 2.21. The smallest absolute Gasteiger partial charge is 0.338 e. The summed E-state index contributed by atoms with van der Waals surface area (Å²) in [5.41, 5.74) is 2.08. The Morgan fingerprint density at radius 3 is 2.89 bits per heavy atom. The Kier molecular flexibility index (Phi) is 5.45. The lowest BCUT2D eigenvalue weighted by molar-refractivity contribution is 0.0459. The molecule has 3 aromatic heterocycles. The number of aryl methyl sites for hydroxylation is 1. The fraction of sp³-hybridized carbons (Fsp3) is 0.158. The first-order chi connectivity index (χ1) is 13.7. The molecule has 1 aromatic carbocycles. The Hall–Kier alpha value is -3.04. The highest BCUT2D eigenvalue weighted by Gasteiger charge is 2.13. The van der Waals surface area contributed by atoms with E-state index >= 15 is 0 Å². The van der Waals surface area contributed by atoms with Gasteiger partial charge in [0, 0.05) is 10.8 Å². The number of carbonyl (C=O) groups excluding carboxylic acids is 1. The second-order valence-electron chi connectivity index (χ2n) is 5.78. The van der Waals surface area contributed by atoms with Crippen LogP contribution in [0, 0.1) is 6.92 Å². The van der Waals surface area contributed by atoms with Crippen LogP contribution in [-0.2, 0) is 18.0 Å². The van der Waals surface area contributed by atoms with Crippen molar-refractivity contribution in [1.29, 1.82) is 0 Å². The van der Waals surface area contributed by atoms with Gasteiger partial charge in [0.25, 0.3) is 5.89 Å². The maximum Gasteiger partial charge on any atom is 0.338 e. The number of thiazole rings is 1. The maximum atomic E-state index is 12.3. The van der Waals surface area contributed by atoms with Crippen LogP contribution in [0.25, 0.3) is 11.5 Å². The molecule has 142 valence electrons. The molecule has 0 unspecified atom stereocenters. The number of nitrogens with zero attached hydrogens (tertiary/aromatic N) is 3. The van der Waals surface area contributed by atoms with Crippen molar-refractivity contribution in [3.63, 3.8) is 0 Å². The van der Waals surface area contributed by atoms with E-state index in [0.717, 1.165) is 16.3 Å². The lowest BCUT2D eigenvalue weighted by atomic mass is 10.2. The van der Waals surface area contributed by atoms with Crippen LogP contribution in [0.5, 0.6) is 5.75 Å². The average Bonchev–Trinajstić information content (AvgIpc) is 3.46. The van der Waals surface area contributed by atoms with Crippen LogP contribution < -0.4 is 4.74 Å². The van der Waals surface area contributed by atoms with E-state index in [1.807, 2.05) is 29.1 Å². The minimum Gasteiger partial charge on any atom is -0.487 e. The lowest BCUT2D eigenvalue weighted by Crippen LogP contribution is -2.06. The Morgan fingerprint density at radius 1 is 1.18 bits per heavy atom. The predicted octanol–water partition coefficient (Wildman–Crippen LogP) is 4.50. The van der Waals surface area contributed by atoms with E-state index in [-0.39, 0.29) is 6.61 Å². The van der Waals surface area contributed by atoms with Gasteiger partial charge in [0.05, 0.1) is 21.8 Å². The number of ether oxygens (including phenoxy) is 2. The standard InChI is InChI=1S/C19H15N3O4S2/c1-12-20-15(11-28-12)8-24-16-4-2-3-13(7-16)19(23)25-9-17-21-18(26-22-17)14-5-6-27-10-14/h2-7,10-11H,8-9H2,1H3. The molecule has 4 rings (SSSR count). The van der Waals surface area contributed by atoms with Crippen LogP contribution in [0.1, 0.15) is 26.9 Å². The Bertz CT molecular complexity index is 1070. The van der Waals surface area contributed by atoms with Crippen LogP contribution in [0.4, 0.5) is 0 Å². The van der Waals surface area contributed by atoms with E-state index < -0.39 is 5.97 Å². The second kappa shape index (κ2) is 8.32. The van der Waals surface area contributed by atoms with Gasteiger partial charge in [-0.3, -0.25) is 0 Å². The van der Waals surface area contributed by atoms with Crippen LogP contribution in [0.2, 0.25) is 0 Å². The number of aromatic nitrogens is 3. The SMILES string of the molecule is Cc1nc(COc2cccc(C(=O)OCc3noc(-c4ccsc4)n3)c2)cs1. The lowest BCUT2D eigenvalue weighted by Gasteiger charge is -2.06. The van der Waals surface area contributed by atoms with Gasteiger partial charge in [-0.2, -0.15) is 16.3 Å². The van der Waals surface area contributed by atoms with Crippen LogP contribution in [0.3, 0.4) is 0 Å². The molecule has 28 heavy (non-hydrogen) atoms.